The zero-order valence-electron chi connectivity index (χ0n) is 23.9. The van der Waals surface area contributed by atoms with Gasteiger partial charge in [0.2, 0.25) is 17.8 Å². The van der Waals surface area contributed by atoms with E-state index in [1.807, 2.05) is 18.3 Å². The molecule has 5 aliphatic heterocycles. The van der Waals surface area contributed by atoms with Crippen molar-refractivity contribution in [2.75, 3.05) is 44.3 Å². The lowest BCUT2D eigenvalue weighted by atomic mass is 10.0. The molecule has 0 saturated carbocycles. The first kappa shape index (κ1) is 26.5. The topological polar surface area (TPSA) is 117 Å². The molecule has 0 radical (unpaired) electrons. The summed E-state index contributed by atoms with van der Waals surface area (Å²) in [5.74, 6) is 1.88. The number of nitrogens with one attached hydrogen (secondary N) is 1. The number of benzene rings is 2. The number of carbonyl (C=O) groups is 3. The number of hydrogen-bond donors (Lipinski definition) is 1. The Hall–Kier alpha value is -4.09. The third-order valence-corrected chi connectivity index (χ3v) is 9.59. The molecule has 0 bridgehead atoms. The van der Waals surface area contributed by atoms with Gasteiger partial charge in [-0.05, 0) is 54.3 Å². The lowest BCUT2D eigenvalue weighted by Gasteiger charge is -2.29. The third kappa shape index (κ3) is 5.00. The van der Waals surface area contributed by atoms with Crippen LogP contribution in [0.2, 0.25) is 0 Å². The standard InChI is InChI=1S/C32H34N6O5/c39-29-6-5-28(30(40)35-29)38-15-21-10-24(2-3-26(21)31(38)41)43-25-7-8-36(16-25)12-19-1-4-27-20(9-19)11-33-32(34-27)37-13-22-17-42-18-23(22)14-37/h1-4,9-11,22-23,25,28H,5-8,12-18H2,(H,35,39,40)/t22-,23+,25-,28?/m0/s1. The molecule has 1 unspecified atom stereocenters. The molecule has 2 aromatic carbocycles. The molecule has 43 heavy (non-hydrogen) atoms. The Morgan fingerprint density at radius 2 is 1.86 bits per heavy atom. The average Bonchev–Trinajstić information content (AvgIpc) is 3.78. The zero-order valence-corrected chi connectivity index (χ0v) is 23.9. The molecule has 8 rings (SSSR count). The van der Waals surface area contributed by atoms with Crippen LogP contribution in [0.5, 0.6) is 5.75 Å². The number of nitrogens with zero attached hydrogens (tertiary/aromatic N) is 5. The molecular weight excluding hydrogens is 548 g/mol. The van der Waals surface area contributed by atoms with Crippen molar-refractivity contribution >= 4 is 34.6 Å². The Labute approximate surface area is 249 Å². The Morgan fingerprint density at radius 3 is 2.70 bits per heavy atom. The lowest BCUT2D eigenvalue weighted by molar-refractivity contribution is -0.136. The van der Waals surface area contributed by atoms with E-state index in [2.05, 4.69) is 33.3 Å². The van der Waals surface area contributed by atoms with Crippen LogP contribution in [0, 0.1) is 11.8 Å². The molecule has 5 aliphatic rings. The zero-order chi connectivity index (χ0) is 29.1. The van der Waals surface area contributed by atoms with E-state index in [0.717, 1.165) is 80.5 Å². The molecule has 4 saturated heterocycles. The monoisotopic (exact) mass is 582 g/mol. The van der Waals surface area contributed by atoms with Crippen molar-refractivity contribution in [3.8, 4) is 5.75 Å². The normalized spacial score (nSPS) is 27.2. The van der Waals surface area contributed by atoms with Gasteiger partial charge >= 0.3 is 0 Å². The van der Waals surface area contributed by atoms with Gasteiger partial charge in [0.15, 0.2) is 0 Å². The molecule has 0 aliphatic carbocycles. The van der Waals surface area contributed by atoms with E-state index in [0.29, 0.717) is 30.4 Å². The van der Waals surface area contributed by atoms with Crippen molar-refractivity contribution in [1.29, 1.82) is 0 Å². The van der Waals surface area contributed by atoms with Gasteiger partial charge in [-0.15, -0.1) is 0 Å². The molecule has 1 N–H and O–H groups in total. The molecule has 3 amide bonds. The summed E-state index contributed by atoms with van der Waals surface area (Å²) < 4.78 is 12.0. The summed E-state index contributed by atoms with van der Waals surface area (Å²) in [5, 5.41) is 3.40. The molecular formula is C32H34N6O5. The van der Waals surface area contributed by atoms with Crippen molar-refractivity contribution in [2.45, 2.75) is 44.5 Å². The van der Waals surface area contributed by atoms with Gasteiger partial charge in [0.25, 0.3) is 5.91 Å². The molecule has 222 valence electrons. The van der Waals surface area contributed by atoms with Gasteiger partial charge in [-0.2, -0.15) is 0 Å². The molecule has 1 aromatic heterocycles. The second-order valence-corrected chi connectivity index (χ2v) is 12.5. The summed E-state index contributed by atoms with van der Waals surface area (Å²) in [5.41, 5.74) is 3.64. The molecule has 11 heteroatoms. The number of rotatable bonds is 6. The summed E-state index contributed by atoms with van der Waals surface area (Å²) in [4.78, 5) is 52.7. The first-order chi connectivity index (χ1) is 21.0. The van der Waals surface area contributed by atoms with E-state index < -0.39 is 11.9 Å². The van der Waals surface area contributed by atoms with Crippen LogP contribution in [-0.4, -0.2) is 89.0 Å². The highest BCUT2D eigenvalue weighted by Gasteiger charge is 2.40. The number of likely N-dealkylation sites (tertiary alicyclic amines) is 1. The maximum absolute atomic E-state index is 13.0. The van der Waals surface area contributed by atoms with Crippen LogP contribution in [-0.2, 0) is 27.4 Å². The number of imide groups is 1. The summed E-state index contributed by atoms with van der Waals surface area (Å²) in [6.45, 7) is 6.55. The van der Waals surface area contributed by atoms with Gasteiger partial charge in [-0.25, -0.2) is 9.97 Å². The summed E-state index contributed by atoms with van der Waals surface area (Å²) in [6.07, 6.45) is 3.51. The highest BCUT2D eigenvalue weighted by atomic mass is 16.5. The van der Waals surface area contributed by atoms with Crippen LogP contribution >= 0.6 is 0 Å². The van der Waals surface area contributed by atoms with Crippen LogP contribution in [0.3, 0.4) is 0 Å². The fraction of sp³-hybridized carbons (Fsp3) is 0.469. The predicted octanol–water partition coefficient (Wildman–Crippen LogP) is 2.13. The average molecular weight is 583 g/mol. The van der Waals surface area contributed by atoms with E-state index >= 15 is 0 Å². The highest BCUT2D eigenvalue weighted by molar-refractivity contribution is 6.05. The van der Waals surface area contributed by atoms with Crippen molar-refractivity contribution in [3.05, 3.63) is 59.3 Å². The smallest absolute Gasteiger partial charge is 0.255 e. The summed E-state index contributed by atoms with van der Waals surface area (Å²) in [6, 6.07) is 11.4. The fourth-order valence-corrected chi connectivity index (χ4v) is 7.29. The number of anilines is 1. The predicted molar refractivity (Wildman–Crippen MR) is 156 cm³/mol. The van der Waals surface area contributed by atoms with Crippen molar-refractivity contribution < 1.29 is 23.9 Å². The number of amides is 3. The molecule has 6 heterocycles. The molecule has 3 aromatic rings. The third-order valence-electron chi connectivity index (χ3n) is 9.59. The minimum Gasteiger partial charge on any atom is -0.489 e. The van der Waals surface area contributed by atoms with Gasteiger partial charge in [0.05, 0.1) is 18.7 Å². The first-order valence-electron chi connectivity index (χ1n) is 15.2. The van der Waals surface area contributed by atoms with E-state index in [1.165, 1.54) is 5.56 Å². The van der Waals surface area contributed by atoms with E-state index in [-0.39, 0.29) is 24.3 Å². The van der Waals surface area contributed by atoms with Crippen LogP contribution in [0.25, 0.3) is 10.9 Å². The number of fused-ring (bicyclic) bond motifs is 3. The Kier molecular flexibility index (Phi) is 6.52. The number of ether oxygens (including phenoxy) is 2. The van der Waals surface area contributed by atoms with E-state index in [4.69, 9.17) is 19.4 Å². The maximum atomic E-state index is 13.0. The van der Waals surface area contributed by atoms with E-state index in [9.17, 15) is 14.4 Å². The van der Waals surface area contributed by atoms with Gasteiger partial charge in [0.1, 0.15) is 17.9 Å². The SMILES string of the molecule is O=C1CCC(N2Cc3cc(O[C@H]4CCN(Cc5ccc6nc(N7C[C@H]8COC[C@H]8C7)ncc6c5)C4)ccc3C2=O)C(=O)N1. The fourth-order valence-electron chi connectivity index (χ4n) is 7.29. The van der Waals surface area contributed by atoms with E-state index in [1.54, 1.807) is 11.0 Å². The largest absolute Gasteiger partial charge is 0.489 e. The minimum atomic E-state index is -0.616. The van der Waals surface area contributed by atoms with Gasteiger partial charge in [-0.1, -0.05) is 6.07 Å². The second-order valence-electron chi connectivity index (χ2n) is 12.5. The van der Waals surface area contributed by atoms with Crippen LogP contribution in [0.4, 0.5) is 5.95 Å². The minimum absolute atomic E-state index is 0.0538. The van der Waals surface area contributed by atoms with Crippen LogP contribution in [0.15, 0.2) is 42.6 Å². The Morgan fingerprint density at radius 1 is 1.00 bits per heavy atom. The lowest BCUT2D eigenvalue weighted by Crippen LogP contribution is -2.52. The van der Waals surface area contributed by atoms with Crippen molar-refractivity contribution in [1.82, 2.24) is 25.1 Å². The second kappa shape index (κ2) is 10.6. The summed E-state index contributed by atoms with van der Waals surface area (Å²) in [7, 11) is 0. The van der Waals surface area contributed by atoms with Gasteiger partial charge in [-0.3, -0.25) is 24.6 Å². The number of aromatic nitrogens is 2. The maximum Gasteiger partial charge on any atom is 0.255 e. The van der Waals surface area contributed by atoms with Gasteiger partial charge in [0, 0.05) is 74.7 Å². The highest BCUT2D eigenvalue weighted by Crippen LogP contribution is 2.33. The Balaban J connectivity index is 0.877. The molecule has 0 spiro atoms. The van der Waals surface area contributed by atoms with Crippen molar-refractivity contribution in [2.24, 2.45) is 11.8 Å². The number of hydrogen-bond acceptors (Lipinski definition) is 9. The number of piperidine rings is 1. The van der Waals surface area contributed by atoms with Crippen LogP contribution in [0.1, 0.15) is 40.7 Å². The molecule has 4 fully saturated rings. The molecule has 11 nitrogen and oxygen atoms in total. The Bertz CT molecular complexity index is 1620. The van der Waals surface area contributed by atoms with Crippen molar-refractivity contribution in [3.63, 3.8) is 0 Å². The van der Waals surface area contributed by atoms with Crippen LogP contribution < -0.4 is 15.0 Å². The first-order valence-corrected chi connectivity index (χ1v) is 15.2. The number of carbonyl (C=O) groups excluding carboxylic acids is 3. The quantitative estimate of drug-likeness (QED) is 0.436. The van der Waals surface area contributed by atoms with Gasteiger partial charge < -0.3 is 19.3 Å². The summed E-state index contributed by atoms with van der Waals surface area (Å²) >= 11 is 0. The molecule has 4 atom stereocenters.